The van der Waals surface area contributed by atoms with Crippen LogP contribution < -0.4 is 10.6 Å². The first-order valence-corrected chi connectivity index (χ1v) is 8.57. The number of hydrogen-bond acceptors (Lipinski definition) is 4. The predicted octanol–water partition coefficient (Wildman–Crippen LogP) is 3.47. The topological polar surface area (TPSA) is 54.0 Å². The summed E-state index contributed by atoms with van der Waals surface area (Å²) < 4.78 is 0. The Hall–Kier alpha value is -1.43. The van der Waals surface area contributed by atoms with Crippen molar-refractivity contribution in [3.8, 4) is 10.4 Å². The van der Waals surface area contributed by atoms with Gasteiger partial charge in [-0.1, -0.05) is 24.3 Å². The van der Waals surface area contributed by atoms with Crippen LogP contribution in [-0.2, 0) is 4.79 Å². The van der Waals surface area contributed by atoms with Gasteiger partial charge in [0, 0.05) is 0 Å². The molecule has 1 saturated heterocycles. The number of thiazole rings is 1. The molecule has 2 N–H and O–H groups in total. The van der Waals surface area contributed by atoms with Gasteiger partial charge in [0.1, 0.15) is 0 Å². The van der Waals surface area contributed by atoms with Gasteiger partial charge in [0.15, 0.2) is 0 Å². The van der Waals surface area contributed by atoms with E-state index in [1.54, 1.807) is 11.3 Å². The fraction of sp³-hybridized carbons (Fsp3) is 0.412. The highest BCUT2D eigenvalue weighted by molar-refractivity contribution is 7.13. The Morgan fingerprint density at radius 2 is 2.13 bits per heavy atom. The lowest BCUT2D eigenvalue weighted by molar-refractivity contribution is -0.123. The van der Waals surface area contributed by atoms with Gasteiger partial charge in [-0.05, 0) is 44.4 Å². The average Bonchev–Trinajstić information content (AvgIpc) is 3.18. The van der Waals surface area contributed by atoms with Crippen LogP contribution in [0.3, 0.4) is 0 Å². The summed E-state index contributed by atoms with van der Waals surface area (Å²) in [5.74, 6) is 0.104. The molecular weight excluding hydrogens is 330 g/mol. The Morgan fingerprint density at radius 1 is 1.39 bits per heavy atom. The zero-order chi connectivity index (χ0) is 15.5. The van der Waals surface area contributed by atoms with Gasteiger partial charge < -0.3 is 10.6 Å². The first-order chi connectivity index (χ1) is 10.6. The van der Waals surface area contributed by atoms with Gasteiger partial charge in [-0.3, -0.25) is 4.79 Å². The molecule has 1 aromatic heterocycles. The molecule has 1 aromatic carbocycles. The number of hydrogen-bond donors (Lipinski definition) is 2. The number of benzene rings is 1. The van der Waals surface area contributed by atoms with E-state index in [0.29, 0.717) is 0 Å². The van der Waals surface area contributed by atoms with E-state index in [-0.39, 0.29) is 30.4 Å². The lowest BCUT2D eigenvalue weighted by Gasteiger charge is -2.18. The van der Waals surface area contributed by atoms with E-state index in [9.17, 15) is 4.79 Å². The average molecular weight is 352 g/mol. The third kappa shape index (κ3) is 4.10. The van der Waals surface area contributed by atoms with Crippen molar-refractivity contribution in [1.82, 2.24) is 15.6 Å². The fourth-order valence-electron chi connectivity index (χ4n) is 2.81. The zero-order valence-electron chi connectivity index (χ0n) is 13.3. The molecule has 0 saturated carbocycles. The van der Waals surface area contributed by atoms with Crippen LogP contribution in [0.4, 0.5) is 0 Å². The maximum absolute atomic E-state index is 12.1. The van der Waals surface area contributed by atoms with Crippen LogP contribution in [-0.4, -0.2) is 23.5 Å². The number of aryl methyl sites for hydroxylation is 1. The summed E-state index contributed by atoms with van der Waals surface area (Å²) in [7, 11) is 0. The highest BCUT2D eigenvalue weighted by Gasteiger charge is 2.23. The van der Waals surface area contributed by atoms with Crippen molar-refractivity contribution >= 4 is 29.7 Å². The Morgan fingerprint density at radius 3 is 2.70 bits per heavy atom. The van der Waals surface area contributed by atoms with Crippen molar-refractivity contribution in [2.24, 2.45) is 0 Å². The number of aromatic nitrogens is 1. The summed E-state index contributed by atoms with van der Waals surface area (Å²) in [6.07, 6.45) is 2.01. The number of carbonyl (C=O) groups is 1. The molecule has 1 amide bonds. The number of nitrogens with one attached hydrogen (secondary N) is 2. The highest BCUT2D eigenvalue weighted by Crippen LogP contribution is 2.28. The summed E-state index contributed by atoms with van der Waals surface area (Å²) in [5, 5.41) is 6.32. The van der Waals surface area contributed by atoms with Crippen LogP contribution in [0.25, 0.3) is 10.4 Å². The third-order valence-electron chi connectivity index (χ3n) is 4.15. The molecule has 2 aromatic rings. The summed E-state index contributed by atoms with van der Waals surface area (Å²) >= 11 is 1.66. The Bertz CT molecular complexity index is 650. The normalized spacial score (nSPS) is 18.3. The van der Waals surface area contributed by atoms with Crippen molar-refractivity contribution in [2.45, 2.75) is 38.8 Å². The second kappa shape index (κ2) is 7.90. The molecule has 0 radical (unpaired) electrons. The summed E-state index contributed by atoms with van der Waals surface area (Å²) in [6.45, 7) is 4.99. The van der Waals surface area contributed by atoms with Crippen molar-refractivity contribution in [3.63, 3.8) is 0 Å². The molecule has 0 spiro atoms. The van der Waals surface area contributed by atoms with Crippen molar-refractivity contribution in [1.29, 1.82) is 0 Å². The molecule has 1 unspecified atom stereocenters. The van der Waals surface area contributed by atoms with E-state index in [1.807, 2.05) is 19.4 Å². The van der Waals surface area contributed by atoms with E-state index >= 15 is 0 Å². The quantitative estimate of drug-likeness (QED) is 0.886. The molecule has 6 heteroatoms. The number of amides is 1. The van der Waals surface area contributed by atoms with Gasteiger partial charge in [-0.2, -0.15) is 0 Å². The molecule has 4 nitrogen and oxygen atoms in total. The smallest absolute Gasteiger partial charge is 0.237 e. The van der Waals surface area contributed by atoms with Gasteiger partial charge in [0.05, 0.1) is 28.2 Å². The zero-order valence-corrected chi connectivity index (χ0v) is 15.0. The standard InChI is InChI=1S/C17H21N3OS.ClH/c1-11(20-17(21)15-4-3-9-18-15)13-5-7-14(8-6-13)16-12(2)19-10-22-16;/h5-8,10-11,15,18H,3-4,9H2,1-2H3,(H,20,21);1H/t11-,15?;/m0./s1. The molecule has 1 fully saturated rings. The fourth-order valence-corrected chi connectivity index (χ4v) is 3.62. The van der Waals surface area contributed by atoms with Crippen molar-refractivity contribution < 1.29 is 4.79 Å². The molecule has 0 aliphatic carbocycles. The monoisotopic (exact) mass is 351 g/mol. The van der Waals surface area contributed by atoms with Gasteiger partial charge in [0.25, 0.3) is 0 Å². The lowest BCUT2D eigenvalue weighted by Crippen LogP contribution is -2.41. The Balaban J connectivity index is 0.00000192. The molecule has 2 heterocycles. The second-order valence-electron chi connectivity index (χ2n) is 5.77. The van der Waals surface area contributed by atoms with Crippen LogP contribution >= 0.6 is 23.7 Å². The van der Waals surface area contributed by atoms with E-state index < -0.39 is 0 Å². The van der Waals surface area contributed by atoms with Gasteiger partial charge in [0.2, 0.25) is 5.91 Å². The Labute approximate surface area is 147 Å². The van der Waals surface area contributed by atoms with E-state index in [2.05, 4.69) is 39.9 Å². The molecule has 124 valence electrons. The van der Waals surface area contributed by atoms with Crippen LogP contribution in [0.2, 0.25) is 0 Å². The number of halogens is 1. The molecule has 1 aliphatic rings. The molecule has 1 aliphatic heterocycles. The molecule has 2 atom stereocenters. The largest absolute Gasteiger partial charge is 0.348 e. The number of nitrogens with zero attached hydrogens (tertiary/aromatic N) is 1. The van der Waals surface area contributed by atoms with Crippen LogP contribution in [0, 0.1) is 6.92 Å². The van der Waals surface area contributed by atoms with Gasteiger partial charge in [-0.15, -0.1) is 23.7 Å². The van der Waals surface area contributed by atoms with E-state index in [1.165, 1.54) is 10.4 Å². The van der Waals surface area contributed by atoms with Crippen LogP contribution in [0.5, 0.6) is 0 Å². The van der Waals surface area contributed by atoms with E-state index in [0.717, 1.165) is 30.6 Å². The van der Waals surface area contributed by atoms with Gasteiger partial charge >= 0.3 is 0 Å². The maximum Gasteiger partial charge on any atom is 0.237 e. The Kier molecular flexibility index (Phi) is 6.16. The molecular formula is C17H22ClN3OS. The van der Waals surface area contributed by atoms with Crippen molar-refractivity contribution in [3.05, 3.63) is 41.0 Å². The van der Waals surface area contributed by atoms with Gasteiger partial charge in [-0.25, -0.2) is 4.98 Å². The maximum atomic E-state index is 12.1. The lowest BCUT2D eigenvalue weighted by atomic mass is 10.0. The third-order valence-corrected chi connectivity index (χ3v) is 5.13. The minimum atomic E-state index is -0.0263. The van der Waals surface area contributed by atoms with Crippen LogP contribution in [0.1, 0.15) is 37.1 Å². The minimum absolute atomic E-state index is 0. The predicted molar refractivity (Wildman–Crippen MR) is 97.1 cm³/mol. The van der Waals surface area contributed by atoms with Crippen LogP contribution in [0.15, 0.2) is 29.8 Å². The molecule has 23 heavy (non-hydrogen) atoms. The van der Waals surface area contributed by atoms with E-state index in [4.69, 9.17) is 0 Å². The van der Waals surface area contributed by atoms with Crippen molar-refractivity contribution in [2.75, 3.05) is 6.54 Å². The highest BCUT2D eigenvalue weighted by atomic mass is 35.5. The second-order valence-corrected chi connectivity index (χ2v) is 6.62. The first kappa shape index (κ1) is 17.9. The molecule has 0 bridgehead atoms. The first-order valence-electron chi connectivity index (χ1n) is 7.69. The summed E-state index contributed by atoms with van der Waals surface area (Å²) in [6, 6.07) is 8.37. The minimum Gasteiger partial charge on any atom is -0.348 e. The molecule has 3 rings (SSSR count). The number of carbonyl (C=O) groups excluding carboxylic acids is 1. The SMILES string of the molecule is Cc1ncsc1-c1ccc([C@H](C)NC(=O)C2CCCN2)cc1.Cl. The summed E-state index contributed by atoms with van der Waals surface area (Å²) in [4.78, 5) is 17.6. The number of rotatable bonds is 4. The summed E-state index contributed by atoms with van der Waals surface area (Å²) in [5.41, 5.74) is 5.24.